The molecule has 0 bridgehead atoms. The Morgan fingerprint density at radius 2 is 2.06 bits per heavy atom. The minimum absolute atomic E-state index is 0.531. The Kier molecular flexibility index (Phi) is 2.82. The highest BCUT2D eigenvalue weighted by atomic mass is 16.5. The van der Waals surface area contributed by atoms with Crippen molar-refractivity contribution in [2.75, 3.05) is 36.6 Å². The molecule has 0 radical (unpaired) electrons. The molecule has 6 heteroatoms. The lowest BCUT2D eigenvalue weighted by Crippen LogP contribution is -2.37. The lowest BCUT2D eigenvalue weighted by molar-refractivity contribution is 0.122. The van der Waals surface area contributed by atoms with Crippen LogP contribution >= 0.6 is 0 Å². The molecule has 1 aromatic heterocycles. The lowest BCUT2D eigenvalue weighted by Gasteiger charge is -2.28. The third kappa shape index (κ3) is 2.32. The molecule has 6 nitrogen and oxygen atoms in total. The van der Waals surface area contributed by atoms with E-state index in [0.29, 0.717) is 11.7 Å². The van der Waals surface area contributed by atoms with Crippen LogP contribution in [-0.2, 0) is 4.74 Å². The van der Waals surface area contributed by atoms with Crippen molar-refractivity contribution in [2.45, 2.75) is 18.8 Å². The summed E-state index contributed by atoms with van der Waals surface area (Å²) in [6.45, 7) is 3.28. The fraction of sp³-hybridized carbons (Fsp3) is 0.636. The molecule has 2 heterocycles. The van der Waals surface area contributed by atoms with Crippen LogP contribution in [0, 0.1) is 0 Å². The third-order valence-electron chi connectivity index (χ3n) is 3.16. The summed E-state index contributed by atoms with van der Waals surface area (Å²) in [7, 11) is 0. The molecule has 2 aliphatic rings. The van der Waals surface area contributed by atoms with Crippen molar-refractivity contribution in [2.24, 2.45) is 5.84 Å². The average molecular weight is 235 g/mol. The average Bonchev–Trinajstić information content (AvgIpc) is 3.23. The van der Waals surface area contributed by atoms with Gasteiger partial charge in [-0.1, -0.05) is 0 Å². The maximum atomic E-state index is 5.45. The van der Waals surface area contributed by atoms with E-state index >= 15 is 0 Å². The maximum Gasteiger partial charge on any atom is 0.145 e. The molecule has 0 amide bonds. The molecule has 2 fully saturated rings. The number of aromatic nitrogens is 2. The van der Waals surface area contributed by atoms with Gasteiger partial charge >= 0.3 is 0 Å². The number of nitrogens with zero attached hydrogens (tertiary/aromatic N) is 3. The second-order valence-corrected chi connectivity index (χ2v) is 4.49. The number of hydrogen-bond acceptors (Lipinski definition) is 6. The zero-order valence-electron chi connectivity index (χ0n) is 9.72. The first-order valence-electron chi connectivity index (χ1n) is 6.05. The van der Waals surface area contributed by atoms with Crippen LogP contribution in [0.3, 0.4) is 0 Å². The number of rotatable bonds is 3. The zero-order chi connectivity index (χ0) is 11.7. The van der Waals surface area contributed by atoms with Gasteiger partial charge in [-0.15, -0.1) is 0 Å². The first-order valence-corrected chi connectivity index (χ1v) is 6.05. The van der Waals surface area contributed by atoms with E-state index in [4.69, 9.17) is 10.6 Å². The highest BCUT2D eigenvalue weighted by Crippen LogP contribution is 2.39. The van der Waals surface area contributed by atoms with Crippen molar-refractivity contribution >= 4 is 11.6 Å². The number of hydrazine groups is 1. The van der Waals surface area contributed by atoms with Gasteiger partial charge in [0.2, 0.25) is 0 Å². The van der Waals surface area contributed by atoms with E-state index in [1.165, 1.54) is 12.8 Å². The van der Waals surface area contributed by atoms with Gasteiger partial charge in [-0.25, -0.2) is 15.8 Å². The van der Waals surface area contributed by atoms with Gasteiger partial charge in [0, 0.05) is 25.1 Å². The smallest absolute Gasteiger partial charge is 0.145 e. The van der Waals surface area contributed by atoms with Gasteiger partial charge in [0.25, 0.3) is 0 Å². The van der Waals surface area contributed by atoms with Gasteiger partial charge in [0.05, 0.1) is 13.2 Å². The van der Waals surface area contributed by atoms with Crippen LogP contribution in [0.15, 0.2) is 6.07 Å². The number of nitrogens with two attached hydrogens (primary N) is 1. The third-order valence-corrected chi connectivity index (χ3v) is 3.16. The topological polar surface area (TPSA) is 76.3 Å². The minimum atomic E-state index is 0.531. The van der Waals surface area contributed by atoms with Gasteiger partial charge < -0.3 is 15.1 Å². The number of anilines is 2. The molecule has 1 aliphatic carbocycles. The van der Waals surface area contributed by atoms with Gasteiger partial charge in [0.15, 0.2) is 0 Å². The summed E-state index contributed by atoms with van der Waals surface area (Å²) in [4.78, 5) is 11.3. The highest BCUT2D eigenvalue weighted by Gasteiger charge is 2.28. The SMILES string of the molecule is NNc1cc(N2CCOCC2)nc(C2CC2)n1. The summed E-state index contributed by atoms with van der Waals surface area (Å²) in [6.07, 6.45) is 2.38. The zero-order valence-corrected chi connectivity index (χ0v) is 9.72. The summed E-state index contributed by atoms with van der Waals surface area (Å²) in [5.74, 6) is 8.56. The number of nitrogen functional groups attached to an aromatic ring is 1. The first kappa shape index (κ1) is 10.7. The second-order valence-electron chi connectivity index (χ2n) is 4.49. The monoisotopic (exact) mass is 235 g/mol. The molecule has 1 saturated carbocycles. The van der Waals surface area contributed by atoms with Crippen LogP contribution in [0.4, 0.5) is 11.6 Å². The minimum Gasteiger partial charge on any atom is -0.378 e. The fourth-order valence-electron chi connectivity index (χ4n) is 2.01. The fourth-order valence-corrected chi connectivity index (χ4v) is 2.01. The molecule has 1 aliphatic heterocycles. The Labute approximate surface area is 100 Å². The summed E-state index contributed by atoms with van der Waals surface area (Å²) in [5.41, 5.74) is 2.62. The standard InChI is InChI=1S/C11H17N5O/c12-15-9-7-10(16-3-5-17-6-4-16)14-11(13-9)8-1-2-8/h7-8H,1-6,12H2,(H,13,14,15). The molecule has 1 saturated heterocycles. The van der Waals surface area contributed by atoms with Crippen molar-refractivity contribution in [3.05, 3.63) is 11.9 Å². The summed E-state index contributed by atoms with van der Waals surface area (Å²) in [5, 5.41) is 0. The molecule has 0 aromatic carbocycles. The second kappa shape index (κ2) is 4.46. The van der Waals surface area contributed by atoms with Crippen molar-refractivity contribution in [1.29, 1.82) is 0 Å². The van der Waals surface area contributed by atoms with Crippen LogP contribution < -0.4 is 16.2 Å². The van der Waals surface area contributed by atoms with Crippen molar-refractivity contribution < 1.29 is 4.74 Å². The summed E-state index contributed by atoms with van der Waals surface area (Å²) < 4.78 is 5.34. The Balaban J connectivity index is 1.88. The molecule has 92 valence electrons. The first-order chi connectivity index (χ1) is 8.36. The van der Waals surface area contributed by atoms with E-state index in [-0.39, 0.29) is 0 Å². The van der Waals surface area contributed by atoms with Crippen molar-refractivity contribution in [3.63, 3.8) is 0 Å². The molecule has 0 atom stereocenters. The lowest BCUT2D eigenvalue weighted by atomic mass is 10.3. The molecule has 17 heavy (non-hydrogen) atoms. The van der Waals surface area contributed by atoms with Gasteiger partial charge in [-0.3, -0.25) is 0 Å². The molecule has 0 spiro atoms. The maximum absolute atomic E-state index is 5.45. The number of morpholine rings is 1. The van der Waals surface area contributed by atoms with Crippen LogP contribution in [-0.4, -0.2) is 36.3 Å². The van der Waals surface area contributed by atoms with Crippen molar-refractivity contribution in [3.8, 4) is 0 Å². The van der Waals surface area contributed by atoms with Crippen LogP contribution in [0.25, 0.3) is 0 Å². The van der Waals surface area contributed by atoms with E-state index in [1.54, 1.807) is 0 Å². The van der Waals surface area contributed by atoms with Crippen LogP contribution in [0.2, 0.25) is 0 Å². The Bertz CT molecular complexity index is 401. The number of nitrogens with one attached hydrogen (secondary N) is 1. The Hall–Kier alpha value is -1.40. The van der Waals surface area contributed by atoms with E-state index < -0.39 is 0 Å². The molecule has 0 unspecified atom stereocenters. The molecule has 3 rings (SSSR count). The summed E-state index contributed by atoms with van der Waals surface area (Å²) >= 11 is 0. The highest BCUT2D eigenvalue weighted by molar-refractivity contribution is 5.49. The largest absolute Gasteiger partial charge is 0.378 e. The quantitative estimate of drug-likeness (QED) is 0.586. The summed E-state index contributed by atoms with van der Waals surface area (Å²) in [6, 6.07) is 1.90. The van der Waals surface area contributed by atoms with Gasteiger partial charge in [-0.2, -0.15) is 0 Å². The number of ether oxygens (including phenoxy) is 1. The van der Waals surface area contributed by atoms with Crippen LogP contribution in [0.5, 0.6) is 0 Å². The molecular formula is C11H17N5O. The van der Waals surface area contributed by atoms with Gasteiger partial charge in [0.1, 0.15) is 17.5 Å². The van der Waals surface area contributed by atoms with Crippen molar-refractivity contribution in [1.82, 2.24) is 9.97 Å². The molecular weight excluding hydrogens is 218 g/mol. The molecule has 3 N–H and O–H groups in total. The predicted octanol–water partition coefficient (Wildman–Crippen LogP) is 0.476. The molecule has 1 aromatic rings. The van der Waals surface area contributed by atoms with E-state index in [1.807, 2.05) is 6.07 Å². The van der Waals surface area contributed by atoms with E-state index in [0.717, 1.165) is 37.9 Å². The Morgan fingerprint density at radius 1 is 1.29 bits per heavy atom. The predicted molar refractivity (Wildman–Crippen MR) is 64.8 cm³/mol. The van der Waals surface area contributed by atoms with Gasteiger partial charge in [-0.05, 0) is 12.8 Å². The Morgan fingerprint density at radius 3 is 2.71 bits per heavy atom. The normalized spacial score (nSPS) is 20.4. The van der Waals surface area contributed by atoms with E-state index in [9.17, 15) is 0 Å². The number of hydrogen-bond donors (Lipinski definition) is 2. The van der Waals surface area contributed by atoms with Crippen LogP contribution in [0.1, 0.15) is 24.6 Å². The van der Waals surface area contributed by atoms with E-state index in [2.05, 4.69) is 20.3 Å².